The number of rotatable bonds is 4. The molecule has 1 atom stereocenters. The van der Waals surface area contributed by atoms with Gasteiger partial charge in [-0.15, -0.1) is 0 Å². The van der Waals surface area contributed by atoms with Crippen molar-refractivity contribution in [2.75, 3.05) is 7.18 Å². The second-order valence-electron chi connectivity index (χ2n) is 4.10. The van der Waals surface area contributed by atoms with Crippen molar-refractivity contribution < 1.29 is 9.50 Å². The van der Waals surface area contributed by atoms with Gasteiger partial charge in [-0.1, -0.05) is 38.0 Å². The molecule has 1 aliphatic heterocycles. The molecular formula is C14H19FINOS. The molecule has 1 unspecified atom stereocenters. The molecule has 1 aromatic rings. The molecule has 1 aromatic carbocycles. The summed E-state index contributed by atoms with van der Waals surface area (Å²) in [5.41, 5.74) is 2.21. The first-order valence-electron chi connectivity index (χ1n) is 6.22. The normalized spacial score (nSPS) is 15.0. The maximum absolute atomic E-state index is 10.2. The fourth-order valence-electron chi connectivity index (χ4n) is 1.79. The topological polar surface area (TPSA) is 23.5 Å². The maximum atomic E-state index is 10.2. The number of fused-ring (bicyclic) bond motifs is 1. The van der Waals surface area contributed by atoms with Gasteiger partial charge in [0.2, 0.25) is 0 Å². The summed E-state index contributed by atoms with van der Waals surface area (Å²) >= 11 is 3.92. The molecule has 0 spiro atoms. The van der Waals surface area contributed by atoms with Crippen molar-refractivity contribution in [3.63, 3.8) is 0 Å². The SMILES string of the molecule is CCCCC(O)C1=Cc2ccccc2SN1I.CF. The quantitative estimate of drug-likeness (QED) is 0.449. The monoisotopic (exact) mass is 395 g/mol. The number of halogens is 2. The summed E-state index contributed by atoms with van der Waals surface area (Å²) in [5.74, 6) is 0. The zero-order valence-corrected chi connectivity index (χ0v) is 14.1. The number of nitrogens with zero attached hydrogens (tertiary/aromatic N) is 1. The maximum Gasteiger partial charge on any atom is 0.0954 e. The van der Waals surface area contributed by atoms with E-state index in [1.165, 1.54) is 10.5 Å². The van der Waals surface area contributed by atoms with Crippen molar-refractivity contribution >= 4 is 40.9 Å². The van der Waals surface area contributed by atoms with Crippen LogP contribution in [0.5, 0.6) is 0 Å². The van der Waals surface area contributed by atoms with Gasteiger partial charge in [-0.2, -0.15) is 0 Å². The lowest BCUT2D eigenvalue weighted by molar-refractivity contribution is 0.188. The highest BCUT2D eigenvalue weighted by atomic mass is 127. The molecule has 0 amide bonds. The minimum absolute atomic E-state index is 0.354. The van der Waals surface area contributed by atoms with Gasteiger partial charge in [-0.3, -0.25) is 6.91 Å². The lowest BCUT2D eigenvalue weighted by atomic mass is 10.1. The summed E-state index contributed by atoms with van der Waals surface area (Å²) in [4.78, 5) is 1.24. The molecule has 106 valence electrons. The van der Waals surface area contributed by atoms with Crippen LogP contribution in [0.15, 0.2) is 34.9 Å². The van der Waals surface area contributed by atoms with Crippen LogP contribution in [0.2, 0.25) is 0 Å². The van der Waals surface area contributed by atoms with Gasteiger partial charge in [-0.25, -0.2) is 0 Å². The Morgan fingerprint density at radius 1 is 1.37 bits per heavy atom. The molecule has 0 aliphatic carbocycles. The van der Waals surface area contributed by atoms with Crippen molar-refractivity contribution in [1.29, 1.82) is 0 Å². The van der Waals surface area contributed by atoms with E-state index in [4.69, 9.17) is 0 Å². The van der Waals surface area contributed by atoms with E-state index in [9.17, 15) is 9.50 Å². The van der Waals surface area contributed by atoms with Gasteiger partial charge >= 0.3 is 0 Å². The summed E-state index contributed by atoms with van der Waals surface area (Å²) in [6.45, 7) is 2.15. The van der Waals surface area contributed by atoms with E-state index in [1.807, 2.05) is 14.7 Å². The third-order valence-electron chi connectivity index (χ3n) is 2.78. The summed E-state index contributed by atoms with van der Waals surface area (Å²) in [6, 6.07) is 8.29. The van der Waals surface area contributed by atoms with Crippen LogP contribution in [0.3, 0.4) is 0 Å². The zero-order valence-electron chi connectivity index (χ0n) is 11.1. The molecule has 1 aliphatic rings. The van der Waals surface area contributed by atoms with E-state index in [0.29, 0.717) is 7.18 Å². The minimum atomic E-state index is -0.354. The summed E-state index contributed by atoms with van der Waals surface area (Å²) < 4.78 is 11.5. The number of unbranched alkanes of at least 4 members (excludes halogenated alkanes) is 1. The highest BCUT2D eigenvalue weighted by Crippen LogP contribution is 2.40. The predicted octanol–water partition coefficient (Wildman–Crippen LogP) is 4.84. The second kappa shape index (κ2) is 8.81. The second-order valence-corrected chi connectivity index (χ2v) is 6.71. The largest absolute Gasteiger partial charge is 0.387 e. The molecule has 5 heteroatoms. The molecular weight excluding hydrogens is 376 g/mol. The third kappa shape index (κ3) is 4.65. The van der Waals surface area contributed by atoms with Gasteiger partial charge in [0.25, 0.3) is 0 Å². The first-order chi connectivity index (χ1) is 9.22. The van der Waals surface area contributed by atoms with Gasteiger partial charge < -0.3 is 5.11 Å². The van der Waals surface area contributed by atoms with Crippen molar-refractivity contribution in [1.82, 2.24) is 2.52 Å². The van der Waals surface area contributed by atoms with Crippen LogP contribution >= 0.6 is 34.8 Å². The first-order valence-corrected chi connectivity index (χ1v) is 7.96. The van der Waals surface area contributed by atoms with Crippen LogP contribution in [-0.4, -0.2) is 20.9 Å². The summed E-state index contributed by atoms with van der Waals surface area (Å²) in [7, 11) is 0.500. The number of alkyl halides is 1. The van der Waals surface area contributed by atoms with Crippen LogP contribution in [0.4, 0.5) is 4.39 Å². The number of hydrogen-bond acceptors (Lipinski definition) is 3. The minimum Gasteiger partial charge on any atom is -0.387 e. The van der Waals surface area contributed by atoms with Crippen LogP contribution < -0.4 is 0 Å². The Bertz CT molecular complexity index is 428. The first kappa shape index (κ1) is 16.8. The molecule has 0 radical (unpaired) electrons. The molecule has 19 heavy (non-hydrogen) atoms. The zero-order chi connectivity index (χ0) is 14.3. The molecule has 1 heterocycles. The van der Waals surface area contributed by atoms with E-state index in [0.717, 1.165) is 25.0 Å². The van der Waals surface area contributed by atoms with Gasteiger partial charge in [-0.05, 0) is 36.1 Å². The van der Waals surface area contributed by atoms with Gasteiger partial charge in [0.15, 0.2) is 0 Å². The highest BCUT2D eigenvalue weighted by molar-refractivity contribution is 14.1. The molecule has 0 aromatic heterocycles. The van der Waals surface area contributed by atoms with E-state index in [2.05, 4.69) is 48.0 Å². The molecule has 2 rings (SSSR count). The molecule has 0 saturated carbocycles. The predicted molar refractivity (Wildman–Crippen MR) is 88.7 cm³/mol. The molecule has 0 fully saturated rings. The Kier molecular flexibility index (Phi) is 7.78. The molecule has 1 N–H and O–H groups in total. The smallest absolute Gasteiger partial charge is 0.0954 e. The van der Waals surface area contributed by atoms with Gasteiger partial charge in [0, 0.05) is 4.90 Å². The Morgan fingerprint density at radius 3 is 2.74 bits per heavy atom. The molecule has 2 nitrogen and oxygen atoms in total. The highest BCUT2D eigenvalue weighted by Gasteiger charge is 2.22. The lowest BCUT2D eigenvalue weighted by Crippen LogP contribution is -2.20. The van der Waals surface area contributed by atoms with E-state index in [-0.39, 0.29) is 6.10 Å². The third-order valence-corrected chi connectivity index (χ3v) is 4.86. The number of aliphatic hydroxyl groups is 1. The van der Waals surface area contributed by atoms with Crippen LogP contribution in [0, 0.1) is 0 Å². The van der Waals surface area contributed by atoms with E-state index in [1.54, 1.807) is 11.9 Å². The lowest BCUT2D eigenvalue weighted by Gasteiger charge is -2.27. The summed E-state index contributed by atoms with van der Waals surface area (Å²) in [5, 5.41) is 10.2. The number of aliphatic hydroxyl groups excluding tert-OH is 1. The van der Waals surface area contributed by atoms with Gasteiger partial charge in [0.05, 0.1) is 41.8 Å². The molecule has 0 bridgehead atoms. The van der Waals surface area contributed by atoms with Crippen molar-refractivity contribution in [2.45, 2.75) is 37.2 Å². The van der Waals surface area contributed by atoms with Crippen molar-refractivity contribution in [3.05, 3.63) is 35.5 Å². The van der Waals surface area contributed by atoms with Gasteiger partial charge in [0.1, 0.15) is 0 Å². The Hall–Kier alpha value is -0.270. The average Bonchev–Trinajstić information content (AvgIpc) is 2.46. The Morgan fingerprint density at radius 2 is 2.05 bits per heavy atom. The van der Waals surface area contributed by atoms with Crippen LogP contribution in [0.1, 0.15) is 31.7 Å². The van der Waals surface area contributed by atoms with Crippen LogP contribution in [-0.2, 0) is 0 Å². The van der Waals surface area contributed by atoms with E-state index < -0.39 is 0 Å². The van der Waals surface area contributed by atoms with Crippen LogP contribution in [0.25, 0.3) is 6.08 Å². The standard InChI is InChI=1S/C13H16INOS.CH3F/c1-2-3-7-12(16)11-9-10-6-4-5-8-13(10)17-15(11)14;1-2/h4-6,8-9,12,16H,2-3,7H2,1H3;1H3. The Labute approximate surface area is 132 Å². The number of benzene rings is 1. The number of hydrogen-bond donors (Lipinski definition) is 1. The summed E-state index contributed by atoms with van der Waals surface area (Å²) in [6.07, 6.45) is 4.76. The van der Waals surface area contributed by atoms with E-state index >= 15 is 0 Å². The fourth-order valence-corrected chi connectivity index (χ4v) is 3.71. The average molecular weight is 395 g/mol. The molecule has 0 saturated heterocycles. The van der Waals surface area contributed by atoms with Crippen molar-refractivity contribution in [3.8, 4) is 0 Å². The fraction of sp³-hybridized carbons (Fsp3) is 0.429. The Balaban J connectivity index is 0.000000861. The van der Waals surface area contributed by atoms with Crippen molar-refractivity contribution in [2.24, 2.45) is 0 Å².